The van der Waals surface area contributed by atoms with Crippen molar-refractivity contribution in [2.75, 3.05) is 25.2 Å². The Balaban J connectivity index is 1.92. The van der Waals surface area contributed by atoms with E-state index in [0.717, 1.165) is 16.8 Å². The van der Waals surface area contributed by atoms with Crippen LogP contribution in [0.5, 0.6) is 5.75 Å². The molecule has 7 nitrogen and oxygen atoms in total. The van der Waals surface area contributed by atoms with Gasteiger partial charge in [-0.15, -0.1) is 0 Å². The molecule has 2 aromatic rings. The summed E-state index contributed by atoms with van der Waals surface area (Å²) in [7, 11) is 1.54. The number of hydrogen-bond acceptors (Lipinski definition) is 6. The van der Waals surface area contributed by atoms with Crippen LogP contribution < -0.4 is 15.4 Å². The van der Waals surface area contributed by atoms with E-state index in [-0.39, 0.29) is 13.2 Å². The Morgan fingerprint density at radius 2 is 2.17 bits per heavy atom. The van der Waals surface area contributed by atoms with Crippen LogP contribution in [-0.2, 0) is 11.3 Å². The third-order valence-corrected chi connectivity index (χ3v) is 3.92. The molecule has 1 aliphatic heterocycles. The van der Waals surface area contributed by atoms with Gasteiger partial charge in [0.15, 0.2) is 0 Å². The second-order valence-electron chi connectivity index (χ2n) is 5.43. The number of carbonyl (C=O) groups is 1. The van der Waals surface area contributed by atoms with Crippen molar-refractivity contribution in [1.29, 1.82) is 0 Å². The summed E-state index contributed by atoms with van der Waals surface area (Å²) in [6, 6.07) is 9.34. The van der Waals surface area contributed by atoms with Crippen molar-refractivity contribution < 1.29 is 19.4 Å². The molecule has 1 aromatic carbocycles. The zero-order valence-electron chi connectivity index (χ0n) is 13.3. The summed E-state index contributed by atoms with van der Waals surface area (Å²) in [5, 5.41) is 9.16. The van der Waals surface area contributed by atoms with Crippen LogP contribution in [0.3, 0.4) is 0 Å². The van der Waals surface area contributed by atoms with Crippen LogP contribution in [-0.4, -0.2) is 42.5 Å². The molecule has 0 spiro atoms. The Morgan fingerprint density at radius 3 is 2.75 bits per heavy atom. The fraction of sp³-hybridized carbons (Fsp3) is 0.294. The van der Waals surface area contributed by atoms with Gasteiger partial charge in [0.25, 0.3) is 0 Å². The molecule has 3 rings (SSSR count). The maximum Gasteiger partial charge on any atom is 0.414 e. The van der Waals surface area contributed by atoms with Gasteiger partial charge in [-0.2, -0.15) is 0 Å². The standard InChI is InChI=1S/C17H19N3O4/c1-23-16-6-11(12-2-4-13(7-18)19-8-12)3-5-15(16)20-9-14(10-21)24-17(20)22/h2-6,8,14,21H,7,9-10,18H2,1H3. The van der Waals surface area contributed by atoms with Gasteiger partial charge in [0.05, 0.1) is 31.6 Å². The lowest BCUT2D eigenvalue weighted by Gasteiger charge is -2.17. The number of anilines is 1. The summed E-state index contributed by atoms with van der Waals surface area (Å²) in [5.74, 6) is 0.547. The second-order valence-corrected chi connectivity index (χ2v) is 5.43. The minimum atomic E-state index is -0.519. The Morgan fingerprint density at radius 1 is 1.38 bits per heavy atom. The topological polar surface area (TPSA) is 97.9 Å². The van der Waals surface area contributed by atoms with E-state index < -0.39 is 12.2 Å². The molecule has 3 N–H and O–H groups in total. The molecule has 1 aromatic heterocycles. The predicted octanol–water partition coefficient (Wildman–Crippen LogP) is 1.53. The number of nitrogens with two attached hydrogens (primary N) is 1. The van der Waals surface area contributed by atoms with Gasteiger partial charge < -0.3 is 20.3 Å². The van der Waals surface area contributed by atoms with E-state index in [1.807, 2.05) is 24.3 Å². The van der Waals surface area contributed by atoms with E-state index in [4.69, 9.17) is 20.3 Å². The normalized spacial score (nSPS) is 17.0. The Labute approximate surface area is 139 Å². The number of carbonyl (C=O) groups excluding carboxylic acids is 1. The van der Waals surface area contributed by atoms with E-state index >= 15 is 0 Å². The smallest absolute Gasteiger partial charge is 0.414 e. The zero-order valence-corrected chi connectivity index (χ0v) is 13.3. The molecule has 0 radical (unpaired) electrons. The zero-order chi connectivity index (χ0) is 17.1. The Hall–Kier alpha value is -2.64. The Bertz CT molecular complexity index is 733. The van der Waals surface area contributed by atoms with Crippen molar-refractivity contribution in [1.82, 2.24) is 4.98 Å². The number of aromatic nitrogens is 1. The first-order chi connectivity index (χ1) is 11.7. The minimum absolute atomic E-state index is 0.207. The van der Waals surface area contributed by atoms with E-state index in [1.165, 1.54) is 4.90 Å². The third-order valence-electron chi connectivity index (χ3n) is 3.92. The van der Waals surface area contributed by atoms with Gasteiger partial charge in [-0.05, 0) is 23.8 Å². The van der Waals surface area contributed by atoms with E-state index in [2.05, 4.69) is 4.98 Å². The number of nitrogens with zero attached hydrogens (tertiary/aromatic N) is 2. The molecule has 1 aliphatic rings. The van der Waals surface area contributed by atoms with Crippen LogP contribution in [0.1, 0.15) is 5.69 Å². The molecule has 1 fully saturated rings. The fourth-order valence-corrected chi connectivity index (χ4v) is 2.61. The first-order valence-corrected chi connectivity index (χ1v) is 7.58. The molecule has 2 heterocycles. The van der Waals surface area contributed by atoms with Crippen molar-refractivity contribution in [3.8, 4) is 16.9 Å². The lowest BCUT2D eigenvalue weighted by Crippen LogP contribution is -2.25. The van der Waals surface area contributed by atoms with Gasteiger partial charge in [-0.3, -0.25) is 9.88 Å². The molecule has 7 heteroatoms. The summed E-state index contributed by atoms with van der Waals surface area (Å²) in [6.07, 6.45) is 0.742. The largest absolute Gasteiger partial charge is 0.495 e. The summed E-state index contributed by atoms with van der Waals surface area (Å²) in [6.45, 7) is 0.477. The number of ether oxygens (including phenoxy) is 2. The van der Waals surface area contributed by atoms with Gasteiger partial charge in [0.2, 0.25) is 0 Å². The highest BCUT2D eigenvalue weighted by atomic mass is 16.6. The number of rotatable bonds is 5. The van der Waals surface area contributed by atoms with Gasteiger partial charge in [-0.1, -0.05) is 12.1 Å². The van der Waals surface area contributed by atoms with Gasteiger partial charge >= 0.3 is 6.09 Å². The molecule has 1 atom stereocenters. The summed E-state index contributed by atoms with van der Waals surface area (Å²) in [4.78, 5) is 17.7. The maximum atomic E-state index is 12.0. The number of pyridine rings is 1. The molecule has 1 amide bonds. The van der Waals surface area contributed by atoms with Crippen molar-refractivity contribution in [2.24, 2.45) is 5.73 Å². The quantitative estimate of drug-likeness (QED) is 0.863. The number of hydrogen-bond donors (Lipinski definition) is 2. The Kier molecular flexibility index (Phi) is 4.64. The predicted molar refractivity (Wildman–Crippen MR) is 88.8 cm³/mol. The van der Waals surface area contributed by atoms with Crippen molar-refractivity contribution in [2.45, 2.75) is 12.6 Å². The molecule has 24 heavy (non-hydrogen) atoms. The number of cyclic esters (lactones) is 1. The average molecular weight is 329 g/mol. The van der Waals surface area contributed by atoms with Crippen LogP contribution in [0, 0.1) is 0 Å². The monoisotopic (exact) mass is 329 g/mol. The minimum Gasteiger partial charge on any atom is -0.495 e. The summed E-state index contributed by atoms with van der Waals surface area (Å²) < 4.78 is 10.5. The van der Waals surface area contributed by atoms with E-state index in [0.29, 0.717) is 18.0 Å². The number of aliphatic hydroxyl groups excluding tert-OH is 1. The number of methoxy groups -OCH3 is 1. The van der Waals surface area contributed by atoms with Gasteiger partial charge in [0.1, 0.15) is 11.9 Å². The second kappa shape index (κ2) is 6.86. The third kappa shape index (κ3) is 3.04. The number of aliphatic hydroxyl groups is 1. The van der Waals surface area contributed by atoms with Crippen molar-refractivity contribution in [3.63, 3.8) is 0 Å². The fourth-order valence-electron chi connectivity index (χ4n) is 2.61. The van der Waals surface area contributed by atoms with Crippen molar-refractivity contribution in [3.05, 3.63) is 42.2 Å². The van der Waals surface area contributed by atoms with Crippen LogP contribution in [0.4, 0.5) is 10.5 Å². The SMILES string of the molecule is COc1cc(-c2ccc(CN)nc2)ccc1N1CC(CO)OC1=O. The van der Waals surface area contributed by atoms with Crippen LogP contribution in [0.25, 0.3) is 11.1 Å². The van der Waals surface area contributed by atoms with Gasteiger partial charge in [-0.25, -0.2) is 4.79 Å². The highest BCUT2D eigenvalue weighted by Gasteiger charge is 2.33. The van der Waals surface area contributed by atoms with Crippen molar-refractivity contribution >= 4 is 11.8 Å². The number of benzene rings is 1. The van der Waals surface area contributed by atoms with Crippen LogP contribution in [0.2, 0.25) is 0 Å². The molecule has 0 aliphatic carbocycles. The average Bonchev–Trinajstić information content (AvgIpc) is 3.02. The molecule has 1 saturated heterocycles. The summed E-state index contributed by atoms with van der Waals surface area (Å²) in [5.41, 5.74) is 8.82. The molecule has 0 saturated carbocycles. The maximum absolute atomic E-state index is 12.0. The highest BCUT2D eigenvalue weighted by molar-refractivity contribution is 5.92. The highest BCUT2D eigenvalue weighted by Crippen LogP contribution is 2.35. The summed E-state index contributed by atoms with van der Waals surface area (Å²) >= 11 is 0. The molecular formula is C17H19N3O4. The van der Waals surface area contributed by atoms with Crippen LogP contribution in [0.15, 0.2) is 36.5 Å². The molecule has 0 bridgehead atoms. The number of amides is 1. The first-order valence-electron chi connectivity index (χ1n) is 7.58. The van der Waals surface area contributed by atoms with E-state index in [9.17, 15) is 4.79 Å². The first kappa shape index (κ1) is 16.2. The molecule has 1 unspecified atom stereocenters. The van der Waals surface area contributed by atoms with Gasteiger partial charge in [0, 0.05) is 18.3 Å². The lowest BCUT2D eigenvalue weighted by atomic mass is 10.1. The molecular weight excluding hydrogens is 310 g/mol. The van der Waals surface area contributed by atoms with Crippen LogP contribution >= 0.6 is 0 Å². The lowest BCUT2D eigenvalue weighted by molar-refractivity contribution is 0.0963. The molecule has 126 valence electrons. The van der Waals surface area contributed by atoms with E-state index in [1.54, 1.807) is 19.4 Å².